The van der Waals surface area contributed by atoms with E-state index in [4.69, 9.17) is 0 Å². The molecule has 3 aromatic heterocycles. The number of thiazole rings is 1. The Balaban J connectivity index is 1.27. The Morgan fingerprint density at radius 3 is 2.37 bits per heavy atom. The number of hydrogen-bond donors (Lipinski definition) is 2. The molecule has 0 bridgehead atoms. The Morgan fingerprint density at radius 1 is 0.927 bits per heavy atom. The second-order valence-electron chi connectivity index (χ2n) is 9.94. The first-order valence-corrected chi connectivity index (χ1v) is 15.4. The maximum atomic E-state index is 13.0. The first kappa shape index (κ1) is 28.2. The highest BCUT2D eigenvalue weighted by molar-refractivity contribution is 7.90. The van der Waals surface area contributed by atoms with E-state index in [1.54, 1.807) is 38.1 Å². The fourth-order valence-corrected chi connectivity index (χ4v) is 6.39. The third-order valence-corrected chi connectivity index (χ3v) is 9.33. The molecule has 0 aliphatic rings. The van der Waals surface area contributed by atoms with Gasteiger partial charge in [0.1, 0.15) is 0 Å². The highest BCUT2D eigenvalue weighted by Crippen LogP contribution is 2.29. The van der Waals surface area contributed by atoms with Gasteiger partial charge in [0.05, 0.1) is 28.6 Å². The quantitative estimate of drug-likeness (QED) is 0.251. The molecule has 210 valence electrons. The van der Waals surface area contributed by atoms with Crippen LogP contribution in [0.25, 0.3) is 33.3 Å². The van der Waals surface area contributed by atoms with Gasteiger partial charge in [-0.15, -0.1) is 11.3 Å². The van der Waals surface area contributed by atoms with Gasteiger partial charge in [0.25, 0.3) is 5.91 Å². The van der Waals surface area contributed by atoms with Gasteiger partial charge in [-0.2, -0.15) is 0 Å². The van der Waals surface area contributed by atoms with Crippen LogP contribution in [-0.2, 0) is 14.8 Å². The lowest BCUT2D eigenvalue weighted by atomic mass is 10.0. The van der Waals surface area contributed by atoms with Gasteiger partial charge in [0.15, 0.2) is 5.13 Å². The summed E-state index contributed by atoms with van der Waals surface area (Å²) in [6, 6.07) is 18.8. The van der Waals surface area contributed by atoms with Gasteiger partial charge in [0, 0.05) is 33.9 Å². The number of aromatic nitrogens is 3. The van der Waals surface area contributed by atoms with Crippen molar-refractivity contribution in [1.29, 1.82) is 0 Å². The first-order valence-electron chi connectivity index (χ1n) is 13.0. The normalized spacial score (nSPS) is 11.6. The average Bonchev–Trinajstić information content (AvgIpc) is 3.57. The third-order valence-electron chi connectivity index (χ3n) is 6.53. The number of nitrogens with one attached hydrogen (secondary N) is 2. The molecule has 0 unspecified atom stereocenters. The van der Waals surface area contributed by atoms with Crippen molar-refractivity contribution in [3.8, 4) is 22.4 Å². The van der Waals surface area contributed by atoms with E-state index in [9.17, 15) is 18.0 Å². The van der Waals surface area contributed by atoms with Crippen LogP contribution in [0.1, 0.15) is 35.6 Å². The summed E-state index contributed by atoms with van der Waals surface area (Å²) >= 11 is 1.28. The molecule has 0 spiro atoms. The van der Waals surface area contributed by atoms with Crippen LogP contribution < -0.4 is 10.6 Å². The molecule has 2 amide bonds. The molecule has 0 aliphatic heterocycles. The molecule has 5 rings (SSSR count). The van der Waals surface area contributed by atoms with Crippen molar-refractivity contribution in [2.45, 2.75) is 32.9 Å². The fourth-order valence-electron chi connectivity index (χ4n) is 4.51. The van der Waals surface area contributed by atoms with Crippen LogP contribution in [0, 0.1) is 13.8 Å². The molecule has 2 aromatic carbocycles. The smallest absolute Gasteiger partial charge is 0.253 e. The predicted octanol–water partition coefficient (Wildman–Crippen LogP) is 5.40. The SMILES string of the molecule is Cc1cc(-c2cccc(-c3csc(NC(=O)CNC(=O)c4cn(S(=O)(=O)C(C)C)c5ccccc45)n3)c2)cc(C)n1. The number of amides is 2. The number of para-hydroxylation sites is 1. The van der Waals surface area contributed by atoms with Crippen molar-refractivity contribution >= 4 is 49.2 Å². The lowest BCUT2D eigenvalue weighted by molar-refractivity contribution is -0.115. The van der Waals surface area contributed by atoms with Crippen molar-refractivity contribution in [3.05, 3.63) is 89.2 Å². The van der Waals surface area contributed by atoms with E-state index in [2.05, 4.69) is 20.6 Å². The molecule has 0 saturated heterocycles. The first-order chi connectivity index (χ1) is 19.5. The number of hydrogen-bond acceptors (Lipinski definition) is 7. The number of pyridine rings is 1. The molecule has 2 N–H and O–H groups in total. The molecule has 0 atom stereocenters. The molecule has 0 radical (unpaired) electrons. The van der Waals surface area contributed by atoms with Gasteiger partial charge in [-0.1, -0.05) is 36.4 Å². The maximum absolute atomic E-state index is 13.0. The number of aryl methyl sites for hydroxylation is 2. The van der Waals surface area contributed by atoms with Crippen molar-refractivity contribution in [3.63, 3.8) is 0 Å². The molecule has 9 nitrogen and oxygen atoms in total. The number of carbonyl (C=O) groups is 2. The van der Waals surface area contributed by atoms with Crippen molar-refractivity contribution < 1.29 is 18.0 Å². The number of carbonyl (C=O) groups excluding carboxylic acids is 2. The number of fused-ring (bicyclic) bond motifs is 1. The molecule has 0 aliphatic carbocycles. The summed E-state index contributed by atoms with van der Waals surface area (Å²) in [5.74, 6) is -0.999. The number of benzene rings is 2. The van der Waals surface area contributed by atoms with E-state index in [0.717, 1.165) is 37.7 Å². The lowest BCUT2D eigenvalue weighted by Gasteiger charge is -2.10. The monoisotopic (exact) mass is 587 g/mol. The zero-order chi connectivity index (χ0) is 29.3. The highest BCUT2D eigenvalue weighted by Gasteiger charge is 2.24. The van der Waals surface area contributed by atoms with Gasteiger partial charge in [-0.3, -0.25) is 14.6 Å². The van der Waals surface area contributed by atoms with E-state index < -0.39 is 27.1 Å². The van der Waals surface area contributed by atoms with E-state index in [1.807, 2.05) is 55.6 Å². The minimum absolute atomic E-state index is 0.175. The van der Waals surface area contributed by atoms with Gasteiger partial charge in [-0.05, 0) is 63.1 Å². The van der Waals surface area contributed by atoms with Crippen LogP contribution >= 0.6 is 11.3 Å². The fraction of sp³-hybridized carbons (Fsp3) is 0.200. The summed E-state index contributed by atoms with van der Waals surface area (Å²) < 4.78 is 26.8. The van der Waals surface area contributed by atoms with Crippen LogP contribution in [0.5, 0.6) is 0 Å². The molecule has 5 aromatic rings. The summed E-state index contributed by atoms with van der Waals surface area (Å²) in [7, 11) is -3.68. The lowest BCUT2D eigenvalue weighted by Crippen LogP contribution is -2.32. The van der Waals surface area contributed by atoms with Gasteiger partial charge < -0.3 is 10.6 Å². The molecular weight excluding hydrogens is 558 g/mol. The topological polar surface area (TPSA) is 123 Å². The molecular formula is C30H29N5O4S2. The van der Waals surface area contributed by atoms with Crippen molar-refractivity contribution in [2.75, 3.05) is 11.9 Å². The second-order valence-corrected chi connectivity index (χ2v) is 13.2. The third kappa shape index (κ3) is 5.91. The van der Waals surface area contributed by atoms with Crippen LogP contribution in [0.2, 0.25) is 0 Å². The zero-order valence-electron chi connectivity index (χ0n) is 23.0. The second kappa shape index (κ2) is 11.3. The van der Waals surface area contributed by atoms with Gasteiger partial charge in [0.2, 0.25) is 15.9 Å². The van der Waals surface area contributed by atoms with Crippen molar-refractivity contribution in [2.24, 2.45) is 0 Å². The van der Waals surface area contributed by atoms with Crippen LogP contribution in [0.4, 0.5) is 5.13 Å². The van der Waals surface area contributed by atoms with Gasteiger partial charge >= 0.3 is 0 Å². The summed E-state index contributed by atoms with van der Waals surface area (Å²) in [5.41, 5.74) is 6.22. The minimum Gasteiger partial charge on any atom is -0.343 e. The zero-order valence-corrected chi connectivity index (χ0v) is 24.6. The minimum atomic E-state index is -3.68. The van der Waals surface area contributed by atoms with E-state index in [-0.39, 0.29) is 12.1 Å². The van der Waals surface area contributed by atoms with Crippen molar-refractivity contribution in [1.82, 2.24) is 19.3 Å². The summed E-state index contributed by atoms with van der Waals surface area (Å²) in [6.45, 7) is 6.79. The van der Waals surface area contributed by atoms with Crippen LogP contribution in [0.15, 0.2) is 72.2 Å². The number of anilines is 1. The highest BCUT2D eigenvalue weighted by atomic mass is 32.2. The number of rotatable bonds is 8. The van der Waals surface area contributed by atoms with Crippen LogP contribution in [-0.4, -0.2) is 46.0 Å². The average molecular weight is 588 g/mol. The van der Waals surface area contributed by atoms with E-state index in [1.165, 1.54) is 17.5 Å². The molecule has 0 saturated carbocycles. The van der Waals surface area contributed by atoms with E-state index in [0.29, 0.717) is 16.0 Å². The Hall–Kier alpha value is -4.35. The Morgan fingerprint density at radius 2 is 1.63 bits per heavy atom. The molecule has 41 heavy (non-hydrogen) atoms. The van der Waals surface area contributed by atoms with Crippen LogP contribution in [0.3, 0.4) is 0 Å². The standard InChI is InChI=1S/C30H29N5O4S2/c1-18(2)41(38,39)35-16-25(24-10-5-6-11-27(24)35)29(37)31-15-28(36)34-30-33-26(17-40-30)22-9-7-8-21(14-22)23-12-19(3)32-20(4)13-23/h5-14,16-18H,15H2,1-4H3,(H,31,37)(H,33,34,36). The maximum Gasteiger partial charge on any atom is 0.253 e. The largest absolute Gasteiger partial charge is 0.343 e. The Labute approximate surface area is 242 Å². The summed E-state index contributed by atoms with van der Waals surface area (Å²) in [6.07, 6.45) is 1.31. The number of nitrogens with zero attached hydrogens (tertiary/aromatic N) is 3. The summed E-state index contributed by atoms with van der Waals surface area (Å²) in [4.78, 5) is 34.6. The van der Waals surface area contributed by atoms with E-state index >= 15 is 0 Å². The summed E-state index contributed by atoms with van der Waals surface area (Å²) in [5, 5.41) is 7.39. The Kier molecular flexibility index (Phi) is 7.74. The molecule has 0 fully saturated rings. The Bertz CT molecular complexity index is 1870. The predicted molar refractivity (Wildman–Crippen MR) is 163 cm³/mol. The molecule has 3 heterocycles. The van der Waals surface area contributed by atoms with Gasteiger partial charge in [-0.25, -0.2) is 17.4 Å². The molecule has 11 heteroatoms.